The van der Waals surface area contributed by atoms with Gasteiger partial charge in [0, 0.05) is 125 Å². The number of aryl methyl sites for hydroxylation is 4. The normalized spacial score (nSPS) is 10.7. The molecule has 0 amide bonds. The predicted molar refractivity (Wildman–Crippen MR) is 511 cm³/mol. The van der Waals surface area contributed by atoms with Crippen molar-refractivity contribution in [3.05, 3.63) is 380 Å². The number of nitrogens with zero attached hydrogens (tertiary/aromatic N) is 16. The van der Waals surface area contributed by atoms with Gasteiger partial charge in [-0.2, -0.15) is 20.4 Å². The average Bonchev–Trinajstić information content (AvgIpc) is 1.58. The first-order chi connectivity index (χ1) is 61.0. The van der Waals surface area contributed by atoms with Gasteiger partial charge in [0.2, 0.25) is 0 Å². The van der Waals surface area contributed by atoms with Crippen LogP contribution in [0, 0.1) is 102 Å². The van der Waals surface area contributed by atoms with Crippen molar-refractivity contribution in [1.29, 1.82) is 0 Å². The summed E-state index contributed by atoms with van der Waals surface area (Å²) in [7, 11) is 0. The van der Waals surface area contributed by atoms with Crippen LogP contribution in [0.4, 0.5) is 22.7 Å². The largest absolute Gasteiger partial charge is 0.317 e. The first kappa shape index (κ1) is 102. The Bertz CT molecular complexity index is 6420. The molecule has 16 aromatic rings. The number of aromatic nitrogens is 12. The van der Waals surface area contributed by atoms with Gasteiger partial charge in [0.1, 0.15) is 0 Å². The van der Waals surface area contributed by atoms with Crippen LogP contribution in [-0.2, 0) is 106 Å². The van der Waals surface area contributed by atoms with Gasteiger partial charge in [-0.05, 0) is 157 Å². The molecule has 0 saturated heterocycles. The van der Waals surface area contributed by atoms with E-state index >= 15 is 0 Å². The molecule has 0 spiro atoms. The van der Waals surface area contributed by atoms with Gasteiger partial charge in [-0.3, -0.25) is 0 Å². The molecule has 0 N–H and O–H groups in total. The Morgan fingerprint density at radius 1 is 0.262 bits per heavy atom. The molecule has 0 aliphatic carbocycles. The molecule has 664 valence electrons. The molecule has 4 aromatic heterocycles. The molecule has 4 heterocycles. The Kier molecular flexibility index (Phi) is 37.0. The first-order valence-electron chi connectivity index (χ1n) is 43.0. The molecule has 130 heavy (non-hydrogen) atoms. The van der Waals surface area contributed by atoms with E-state index in [1.807, 2.05) is 194 Å². The summed E-state index contributed by atoms with van der Waals surface area (Å²) < 4.78 is 8.55. The minimum Gasteiger partial charge on any atom is -0.317 e. The predicted octanol–water partition coefficient (Wildman–Crippen LogP) is 28.1. The Balaban J connectivity index is 0.000000194. The molecule has 0 aliphatic rings. The Morgan fingerprint density at radius 3 is 0.769 bits per heavy atom. The fourth-order valence-corrected chi connectivity index (χ4v) is 15.9. The summed E-state index contributed by atoms with van der Waals surface area (Å²) in [5.74, 6) is 8.42. The van der Waals surface area contributed by atoms with E-state index in [1.54, 1.807) is 0 Å². The molecule has 0 fully saturated rings. The van der Waals surface area contributed by atoms with Crippen LogP contribution in [0.25, 0.3) is 133 Å². The topological polar surface area (TPSA) is 140 Å². The van der Waals surface area contributed by atoms with E-state index in [2.05, 4.69) is 269 Å². The molecule has 4 radical (unpaired) electrons. The van der Waals surface area contributed by atoms with Crippen molar-refractivity contribution in [1.82, 2.24) is 59.1 Å². The van der Waals surface area contributed by atoms with Crippen molar-refractivity contribution in [3.63, 3.8) is 0 Å². The second-order valence-corrected chi connectivity index (χ2v) is 34.0. The maximum Gasteiger partial charge on any atom is 0.189 e. The van der Waals surface area contributed by atoms with E-state index in [-0.39, 0.29) is 92.3 Å². The molecular weight excluding hydrogens is 2310 g/mol. The number of hydrogen-bond acceptors (Lipinski definition) is 8. The summed E-state index contributed by atoms with van der Waals surface area (Å²) in [6, 6.07) is 97.4. The van der Waals surface area contributed by atoms with Crippen molar-refractivity contribution in [2.45, 2.75) is 148 Å². The van der Waals surface area contributed by atoms with Crippen molar-refractivity contribution in [2.75, 3.05) is 0 Å². The number of benzene rings is 12. The van der Waals surface area contributed by atoms with Gasteiger partial charge in [0.05, 0.1) is 49.6 Å². The van der Waals surface area contributed by atoms with Gasteiger partial charge >= 0.3 is 0 Å². The van der Waals surface area contributed by atoms with Crippen LogP contribution in [-0.4, -0.2) is 59.1 Å². The van der Waals surface area contributed by atoms with E-state index in [9.17, 15) is 0 Å². The number of hydrogen-bond donors (Lipinski definition) is 0. The van der Waals surface area contributed by atoms with Crippen LogP contribution in [0.15, 0.2) is 255 Å². The van der Waals surface area contributed by atoms with Gasteiger partial charge in [0.25, 0.3) is 0 Å². The van der Waals surface area contributed by atoms with Crippen molar-refractivity contribution >= 4 is 22.7 Å². The van der Waals surface area contributed by atoms with Crippen LogP contribution in [0.2, 0.25) is 0 Å². The second-order valence-electron chi connectivity index (χ2n) is 34.0. The molecule has 0 aliphatic heterocycles. The van der Waals surface area contributed by atoms with Gasteiger partial charge in [-0.1, -0.05) is 229 Å². The average molecular weight is 2420 g/mol. The minimum absolute atomic E-state index is 0. The van der Waals surface area contributed by atoms with E-state index < -0.39 is 0 Å². The maximum atomic E-state index is 7.72. The molecular formula is C110H104Ir4N16-4. The van der Waals surface area contributed by atoms with Crippen molar-refractivity contribution in [3.8, 4) is 114 Å². The summed E-state index contributed by atoms with van der Waals surface area (Å²) >= 11 is 0. The monoisotopic (exact) mass is 2420 g/mol. The van der Waals surface area contributed by atoms with Gasteiger partial charge < -0.3 is 18.3 Å². The summed E-state index contributed by atoms with van der Waals surface area (Å²) in [5.41, 5.74) is 25.7. The van der Waals surface area contributed by atoms with Crippen LogP contribution in [0.1, 0.15) is 151 Å². The molecule has 0 atom stereocenters. The summed E-state index contributed by atoms with van der Waals surface area (Å²) in [4.78, 5) is 14.9. The third-order valence-electron chi connectivity index (χ3n) is 21.7. The zero-order chi connectivity index (χ0) is 89.2. The quantitative estimate of drug-likeness (QED) is 0.0611. The SMILES string of the molecule is [C-]#[N+]c1cc(C(C)C)c(-n2c(-c3[c-]cccc3)nnc2-c2ccccc2C)c(C(C)C)c1.[C-]#[N+]c1cc(CC(C)C)c(-n2c(-c3[c-]cccc3)nnc2-c2ccccc2C)c(CC(C)C)c1.[C-]#[N+]c1ccc(CC(C)C)c(-n2c(-c3[c-]cccc3)nnc2-c2ccccc2C)c1.[C-]#[N+]c1ccc(CC(C)C)c(-n2c(-c3[c-]cccc3)nnc2-c2ccccc2C)c1.[Ir].[Ir].[Ir].[Ir]. The smallest absolute Gasteiger partial charge is 0.189 e. The van der Waals surface area contributed by atoms with Crippen LogP contribution < -0.4 is 0 Å². The third kappa shape index (κ3) is 23.7. The molecule has 20 heteroatoms. The summed E-state index contributed by atoms with van der Waals surface area (Å²) in [6.45, 7) is 65.1. The standard InChI is InChI=1S/C30H31N4.C28H27N4.2C26H23N4.4Ir/c1-20(2)16-24-18-26(31-6)19-25(17-21(3)4)28(24)34-29(23-13-8-7-9-14-23)32-33-30(34)27-15-11-10-12-22(27)5;1-18(2)24-16-22(29-6)17-25(19(3)4)26(24)32-27(21-13-8-7-9-14-21)30-31-28(32)23-15-11-10-12-20(23)5;2*1-18(2)16-21-14-15-22(27-4)17-24(21)30-25(20-11-6-5-7-12-20)28-29-26(30)23-13-9-8-10-19(23)3;;;;/h7-13,15,18-21H,16-17H2,1-5H3;7-13,15-19H,1-5H3;2*5-11,13-15,17-18H,16H2,1-3H3;;;;/q4*-1;;;;. The Morgan fingerprint density at radius 2 is 0.508 bits per heavy atom. The van der Waals surface area contributed by atoms with E-state index in [1.165, 1.54) is 11.1 Å². The minimum atomic E-state index is 0. The van der Waals surface area contributed by atoms with Crippen LogP contribution in [0.3, 0.4) is 0 Å². The van der Waals surface area contributed by atoms with Gasteiger partial charge in [-0.25, -0.2) is 19.4 Å². The van der Waals surface area contributed by atoms with E-state index in [0.717, 1.165) is 184 Å². The molecule has 16 rings (SSSR count). The fourth-order valence-electron chi connectivity index (χ4n) is 15.9. The first-order valence-corrected chi connectivity index (χ1v) is 43.0. The third-order valence-corrected chi connectivity index (χ3v) is 21.7. The zero-order valence-corrected chi connectivity index (χ0v) is 85.6. The van der Waals surface area contributed by atoms with Gasteiger partial charge in [-0.15, -0.1) is 164 Å². The number of rotatable bonds is 22. The molecule has 12 aromatic carbocycles. The molecule has 0 bridgehead atoms. The van der Waals surface area contributed by atoms with Crippen LogP contribution in [0.5, 0.6) is 0 Å². The second kappa shape index (κ2) is 47.4. The Hall–Kier alpha value is -12.2. The van der Waals surface area contributed by atoms with Crippen molar-refractivity contribution in [2.24, 2.45) is 23.7 Å². The molecule has 0 unspecified atom stereocenters. The van der Waals surface area contributed by atoms with E-state index in [0.29, 0.717) is 46.4 Å². The molecule has 0 saturated carbocycles. The summed E-state index contributed by atoms with van der Waals surface area (Å²) in [5, 5.41) is 37.0. The summed E-state index contributed by atoms with van der Waals surface area (Å²) in [6.07, 6.45) is 3.54. The van der Waals surface area contributed by atoms with E-state index in [4.69, 9.17) is 31.4 Å². The zero-order valence-electron chi connectivity index (χ0n) is 76.0. The fraction of sp³-hybridized carbons (Fsp3) is 0.236. The van der Waals surface area contributed by atoms with Crippen LogP contribution >= 0.6 is 0 Å². The Labute approximate surface area is 821 Å². The van der Waals surface area contributed by atoms with Crippen molar-refractivity contribution < 1.29 is 80.4 Å². The maximum absolute atomic E-state index is 7.72. The molecule has 16 nitrogen and oxygen atoms in total. The van der Waals surface area contributed by atoms with Gasteiger partial charge in [0.15, 0.2) is 46.0 Å².